The molecule has 1 saturated heterocycles. The number of hydrogen-bond acceptors (Lipinski definition) is 6. The molecule has 0 spiro atoms. The average Bonchev–Trinajstić information content (AvgIpc) is 3.41. The Kier molecular flexibility index (Phi) is 5.97. The first-order valence-electron chi connectivity index (χ1n) is 9.87. The summed E-state index contributed by atoms with van der Waals surface area (Å²) in [4.78, 5) is 22.9. The van der Waals surface area contributed by atoms with Crippen molar-refractivity contribution in [3.8, 4) is 11.3 Å². The van der Waals surface area contributed by atoms with Crippen molar-refractivity contribution in [2.45, 2.75) is 19.4 Å². The quantitative estimate of drug-likeness (QED) is 0.656. The molecule has 1 N–H and O–H groups in total. The Morgan fingerprint density at radius 1 is 1.31 bits per heavy atom. The fraction of sp³-hybridized carbons (Fsp3) is 0.364. The third kappa shape index (κ3) is 4.86. The zero-order valence-corrected chi connectivity index (χ0v) is 17.6. The first-order chi connectivity index (χ1) is 14.1. The van der Waals surface area contributed by atoms with E-state index in [0.717, 1.165) is 54.6 Å². The molecule has 2 aromatic heterocycles. The third-order valence-electron chi connectivity index (χ3n) is 5.14. The molecule has 1 aliphatic rings. The maximum Gasteiger partial charge on any atom is 0.228 e. The summed E-state index contributed by atoms with van der Waals surface area (Å²) >= 11 is 1.71. The number of nitrogens with zero attached hydrogens (tertiary/aromatic N) is 3. The highest BCUT2D eigenvalue weighted by atomic mass is 32.1. The minimum atomic E-state index is 0.00902. The SMILES string of the molecule is CN(C)c1ncc(CN2CCC[C@H](C(=O)Nc3ccc(-c4ccco4)cc3)C2)s1. The highest BCUT2D eigenvalue weighted by Gasteiger charge is 2.26. The van der Waals surface area contributed by atoms with Crippen LogP contribution in [0.1, 0.15) is 17.7 Å². The van der Waals surface area contributed by atoms with Gasteiger partial charge in [-0.15, -0.1) is 11.3 Å². The number of carbonyl (C=O) groups is 1. The van der Waals surface area contributed by atoms with Crippen LogP contribution in [0.5, 0.6) is 0 Å². The Morgan fingerprint density at radius 3 is 2.83 bits per heavy atom. The second-order valence-corrected chi connectivity index (χ2v) is 8.72. The van der Waals surface area contributed by atoms with E-state index in [9.17, 15) is 4.79 Å². The normalized spacial score (nSPS) is 17.2. The molecule has 3 aromatic rings. The first-order valence-corrected chi connectivity index (χ1v) is 10.7. The second-order valence-electron chi connectivity index (χ2n) is 7.62. The molecule has 1 amide bonds. The predicted octanol–water partition coefficient (Wildman–Crippen LogP) is 4.32. The lowest BCUT2D eigenvalue weighted by Crippen LogP contribution is -2.40. The van der Waals surface area contributed by atoms with Crippen LogP contribution in [0.25, 0.3) is 11.3 Å². The van der Waals surface area contributed by atoms with Crippen molar-refractivity contribution in [2.75, 3.05) is 37.4 Å². The first kappa shape index (κ1) is 19.7. The van der Waals surface area contributed by atoms with Crippen LogP contribution in [0.2, 0.25) is 0 Å². The molecule has 0 radical (unpaired) electrons. The molecule has 29 heavy (non-hydrogen) atoms. The van der Waals surface area contributed by atoms with E-state index in [0.29, 0.717) is 0 Å². The van der Waals surface area contributed by atoms with Crippen molar-refractivity contribution >= 4 is 28.1 Å². The van der Waals surface area contributed by atoms with Crippen LogP contribution >= 0.6 is 11.3 Å². The van der Waals surface area contributed by atoms with E-state index >= 15 is 0 Å². The molecule has 1 atom stereocenters. The Labute approximate surface area is 175 Å². The van der Waals surface area contributed by atoms with Gasteiger partial charge in [-0.3, -0.25) is 9.69 Å². The average molecular weight is 411 g/mol. The van der Waals surface area contributed by atoms with Crippen molar-refractivity contribution in [3.63, 3.8) is 0 Å². The molecule has 7 heteroatoms. The van der Waals surface area contributed by atoms with E-state index < -0.39 is 0 Å². The van der Waals surface area contributed by atoms with Gasteiger partial charge in [0.1, 0.15) is 5.76 Å². The lowest BCUT2D eigenvalue weighted by molar-refractivity contribution is -0.121. The van der Waals surface area contributed by atoms with Crippen LogP contribution in [-0.4, -0.2) is 43.0 Å². The molecular formula is C22H26N4O2S. The van der Waals surface area contributed by atoms with E-state index in [1.165, 1.54) is 4.88 Å². The van der Waals surface area contributed by atoms with Gasteiger partial charge >= 0.3 is 0 Å². The molecule has 1 aliphatic heterocycles. The maximum absolute atomic E-state index is 12.8. The Balaban J connectivity index is 1.33. The number of hydrogen-bond donors (Lipinski definition) is 1. The van der Waals surface area contributed by atoms with E-state index in [1.54, 1.807) is 17.6 Å². The predicted molar refractivity (Wildman–Crippen MR) is 117 cm³/mol. The summed E-state index contributed by atoms with van der Waals surface area (Å²) in [5.74, 6) is 0.930. The lowest BCUT2D eigenvalue weighted by atomic mass is 9.97. The highest BCUT2D eigenvalue weighted by molar-refractivity contribution is 7.15. The van der Waals surface area contributed by atoms with Gasteiger partial charge in [-0.25, -0.2) is 4.98 Å². The standard InChI is InChI=1S/C22H26N4O2S/c1-25(2)22-23-13-19(29-22)15-26-11-3-5-17(14-26)21(27)24-18-9-7-16(8-10-18)20-6-4-12-28-20/h4,6-10,12-13,17H,3,5,11,14-15H2,1-2H3,(H,24,27)/t17-/m0/s1. The summed E-state index contributed by atoms with van der Waals surface area (Å²) in [6.07, 6.45) is 5.57. The van der Waals surface area contributed by atoms with Gasteiger partial charge in [0.05, 0.1) is 12.2 Å². The fourth-order valence-corrected chi connectivity index (χ4v) is 4.49. The number of aromatic nitrogens is 1. The monoisotopic (exact) mass is 410 g/mol. The number of furan rings is 1. The summed E-state index contributed by atoms with van der Waals surface area (Å²) in [5.41, 5.74) is 1.82. The molecule has 1 fully saturated rings. The van der Waals surface area contributed by atoms with Crippen LogP contribution in [0, 0.1) is 5.92 Å². The van der Waals surface area contributed by atoms with Gasteiger partial charge in [0, 0.05) is 49.5 Å². The summed E-state index contributed by atoms with van der Waals surface area (Å²) in [6, 6.07) is 11.6. The van der Waals surface area contributed by atoms with E-state index in [2.05, 4.69) is 15.2 Å². The summed E-state index contributed by atoms with van der Waals surface area (Å²) in [7, 11) is 4.01. The van der Waals surface area contributed by atoms with Crippen molar-refractivity contribution in [3.05, 3.63) is 53.7 Å². The number of thiazole rings is 1. The van der Waals surface area contributed by atoms with E-state index in [4.69, 9.17) is 4.42 Å². The number of piperidine rings is 1. The number of benzene rings is 1. The maximum atomic E-state index is 12.8. The Hall–Kier alpha value is -2.64. The highest BCUT2D eigenvalue weighted by Crippen LogP contribution is 2.26. The number of amides is 1. The number of carbonyl (C=O) groups excluding carboxylic acids is 1. The van der Waals surface area contributed by atoms with Crippen LogP contribution in [0.15, 0.2) is 53.3 Å². The molecule has 0 aliphatic carbocycles. The van der Waals surface area contributed by atoms with Crippen molar-refractivity contribution in [1.29, 1.82) is 0 Å². The lowest BCUT2D eigenvalue weighted by Gasteiger charge is -2.31. The van der Waals surface area contributed by atoms with Gasteiger partial charge in [-0.2, -0.15) is 0 Å². The Morgan fingerprint density at radius 2 is 2.14 bits per heavy atom. The van der Waals surface area contributed by atoms with E-state index in [1.807, 2.05) is 61.6 Å². The molecule has 3 heterocycles. The fourth-order valence-electron chi connectivity index (χ4n) is 3.62. The summed E-state index contributed by atoms with van der Waals surface area (Å²) < 4.78 is 5.41. The molecule has 152 valence electrons. The largest absolute Gasteiger partial charge is 0.464 e. The molecule has 0 bridgehead atoms. The van der Waals surface area contributed by atoms with Crippen molar-refractivity contribution < 1.29 is 9.21 Å². The van der Waals surface area contributed by atoms with Crippen LogP contribution in [0.4, 0.5) is 10.8 Å². The van der Waals surface area contributed by atoms with Gasteiger partial charge in [-0.1, -0.05) is 0 Å². The van der Waals surface area contributed by atoms with Gasteiger partial charge in [0.15, 0.2) is 5.13 Å². The number of anilines is 2. The van der Waals surface area contributed by atoms with Gasteiger partial charge < -0.3 is 14.6 Å². The number of likely N-dealkylation sites (tertiary alicyclic amines) is 1. The smallest absolute Gasteiger partial charge is 0.228 e. The third-order valence-corrected chi connectivity index (χ3v) is 6.29. The van der Waals surface area contributed by atoms with Crippen molar-refractivity contribution in [2.24, 2.45) is 5.92 Å². The number of rotatable bonds is 6. The van der Waals surface area contributed by atoms with Crippen LogP contribution in [-0.2, 0) is 11.3 Å². The molecule has 0 unspecified atom stereocenters. The molecule has 4 rings (SSSR count). The molecule has 0 saturated carbocycles. The van der Waals surface area contributed by atoms with Crippen molar-refractivity contribution in [1.82, 2.24) is 9.88 Å². The summed E-state index contributed by atoms with van der Waals surface area (Å²) in [5, 5.41) is 4.09. The molecular weight excluding hydrogens is 384 g/mol. The summed E-state index contributed by atoms with van der Waals surface area (Å²) in [6.45, 7) is 2.66. The van der Waals surface area contributed by atoms with Crippen LogP contribution in [0.3, 0.4) is 0 Å². The zero-order chi connectivity index (χ0) is 20.2. The second kappa shape index (κ2) is 8.80. The zero-order valence-electron chi connectivity index (χ0n) is 16.8. The van der Waals surface area contributed by atoms with Crippen LogP contribution < -0.4 is 10.2 Å². The van der Waals surface area contributed by atoms with Gasteiger partial charge in [-0.05, 0) is 55.8 Å². The number of nitrogens with one attached hydrogen (secondary N) is 1. The molecule has 1 aromatic carbocycles. The van der Waals surface area contributed by atoms with E-state index in [-0.39, 0.29) is 11.8 Å². The minimum Gasteiger partial charge on any atom is -0.464 e. The topological polar surface area (TPSA) is 61.6 Å². The Bertz CT molecular complexity index is 934. The van der Waals surface area contributed by atoms with Gasteiger partial charge in [0.2, 0.25) is 5.91 Å². The molecule has 6 nitrogen and oxygen atoms in total. The van der Waals surface area contributed by atoms with Gasteiger partial charge in [0.25, 0.3) is 0 Å². The minimum absolute atomic E-state index is 0.00902.